The molecule has 7 heteroatoms. The van der Waals surface area contributed by atoms with Crippen molar-refractivity contribution in [3.05, 3.63) is 83.7 Å². The smallest absolute Gasteiger partial charge is 0.259 e. The predicted molar refractivity (Wildman–Crippen MR) is 125 cm³/mol. The quantitative estimate of drug-likeness (QED) is 0.386. The molecule has 0 fully saturated rings. The van der Waals surface area contributed by atoms with Crippen LogP contribution in [0.5, 0.6) is 11.5 Å². The van der Waals surface area contributed by atoms with E-state index in [1.165, 1.54) is 11.3 Å². The molecule has 1 aromatic heterocycles. The minimum absolute atomic E-state index is 0.220. The zero-order valence-electron chi connectivity index (χ0n) is 17.1. The van der Waals surface area contributed by atoms with Gasteiger partial charge in [0, 0.05) is 16.6 Å². The average Bonchev–Trinajstić information content (AvgIpc) is 3.28. The lowest BCUT2D eigenvalue weighted by molar-refractivity contribution is 0.102. The van der Waals surface area contributed by atoms with E-state index in [4.69, 9.17) is 9.47 Å². The van der Waals surface area contributed by atoms with Crippen LogP contribution < -0.4 is 20.1 Å². The first kappa shape index (κ1) is 20.4. The van der Waals surface area contributed by atoms with Crippen LogP contribution in [0.2, 0.25) is 0 Å². The van der Waals surface area contributed by atoms with Crippen molar-refractivity contribution in [1.82, 2.24) is 4.98 Å². The average molecular weight is 432 g/mol. The molecule has 1 heterocycles. The van der Waals surface area contributed by atoms with Crippen LogP contribution in [-0.2, 0) is 0 Å². The molecule has 0 aliphatic rings. The SMILES string of the molecule is COc1ccccc1Nc1nc(-c2ccc(NC(=O)c3ccccc3OC)cc2)cs1. The minimum atomic E-state index is -0.220. The summed E-state index contributed by atoms with van der Waals surface area (Å²) < 4.78 is 10.6. The Bertz CT molecular complexity index is 1190. The monoisotopic (exact) mass is 431 g/mol. The van der Waals surface area contributed by atoms with E-state index in [2.05, 4.69) is 15.6 Å². The van der Waals surface area contributed by atoms with Gasteiger partial charge in [-0.05, 0) is 36.4 Å². The van der Waals surface area contributed by atoms with Gasteiger partial charge in [0.05, 0.1) is 31.2 Å². The Morgan fingerprint density at radius 1 is 0.871 bits per heavy atom. The highest BCUT2D eigenvalue weighted by Crippen LogP contribution is 2.31. The van der Waals surface area contributed by atoms with Gasteiger partial charge in [0.2, 0.25) is 0 Å². The van der Waals surface area contributed by atoms with Gasteiger partial charge in [-0.3, -0.25) is 4.79 Å². The molecule has 0 bridgehead atoms. The molecular weight excluding hydrogens is 410 g/mol. The molecule has 1 amide bonds. The number of ether oxygens (including phenoxy) is 2. The Morgan fingerprint density at radius 2 is 1.55 bits per heavy atom. The van der Waals surface area contributed by atoms with Gasteiger partial charge in [0.15, 0.2) is 5.13 Å². The van der Waals surface area contributed by atoms with Gasteiger partial charge in [-0.25, -0.2) is 4.98 Å². The molecule has 0 aliphatic heterocycles. The third-order valence-electron chi connectivity index (χ3n) is 4.64. The summed E-state index contributed by atoms with van der Waals surface area (Å²) in [6.07, 6.45) is 0. The standard InChI is InChI=1S/C24H21N3O3S/c1-29-21-9-5-3-7-18(21)23(28)25-17-13-11-16(12-14-17)20-15-31-24(27-20)26-19-8-4-6-10-22(19)30-2/h3-15H,1-2H3,(H,25,28)(H,26,27). The lowest BCUT2D eigenvalue weighted by Crippen LogP contribution is -2.12. The number of benzene rings is 3. The van der Waals surface area contributed by atoms with Gasteiger partial charge >= 0.3 is 0 Å². The number of nitrogens with one attached hydrogen (secondary N) is 2. The number of hydrogen-bond donors (Lipinski definition) is 2. The van der Waals surface area contributed by atoms with E-state index in [1.54, 1.807) is 32.4 Å². The second-order valence-electron chi connectivity index (χ2n) is 6.59. The van der Waals surface area contributed by atoms with Crippen molar-refractivity contribution in [2.45, 2.75) is 0 Å². The first-order valence-electron chi connectivity index (χ1n) is 9.58. The topological polar surface area (TPSA) is 72.5 Å². The van der Waals surface area contributed by atoms with Crippen molar-refractivity contribution >= 4 is 33.8 Å². The normalized spacial score (nSPS) is 10.4. The number of para-hydroxylation sites is 3. The molecular formula is C24H21N3O3S. The third kappa shape index (κ3) is 4.67. The van der Waals surface area contributed by atoms with Crippen molar-refractivity contribution < 1.29 is 14.3 Å². The summed E-state index contributed by atoms with van der Waals surface area (Å²) in [5, 5.41) is 8.95. The minimum Gasteiger partial charge on any atom is -0.496 e. The second kappa shape index (κ2) is 9.32. The van der Waals surface area contributed by atoms with E-state index < -0.39 is 0 Å². The maximum atomic E-state index is 12.6. The zero-order valence-corrected chi connectivity index (χ0v) is 17.9. The summed E-state index contributed by atoms with van der Waals surface area (Å²) in [6.45, 7) is 0. The highest BCUT2D eigenvalue weighted by atomic mass is 32.1. The summed E-state index contributed by atoms with van der Waals surface area (Å²) in [7, 11) is 3.19. The Kier molecular flexibility index (Phi) is 6.14. The van der Waals surface area contributed by atoms with Crippen LogP contribution in [0.4, 0.5) is 16.5 Å². The van der Waals surface area contributed by atoms with Crippen molar-refractivity contribution in [2.75, 3.05) is 24.9 Å². The van der Waals surface area contributed by atoms with Crippen molar-refractivity contribution in [3.63, 3.8) is 0 Å². The molecule has 0 radical (unpaired) electrons. The Labute approximate surface area is 184 Å². The highest BCUT2D eigenvalue weighted by Gasteiger charge is 2.12. The van der Waals surface area contributed by atoms with Crippen LogP contribution in [0.25, 0.3) is 11.3 Å². The molecule has 2 N–H and O–H groups in total. The number of hydrogen-bond acceptors (Lipinski definition) is 6. The van der Waals surface area contributed by atoms with E-state index in [9.17, 15) is 4.79 Å². The number of methoxy groups -OCH3 is 2. The first-order valence-corrected chi connectivity index (χ1v) is 10.5. The predicted octanol–water partition coefficient (Wildman–Crippen LogP) is 5.82. The number of amides is 1. The molecule has 31 heavy (non-hydrogen) atoms. The summed E-state index contributed by atoms with van der Waals surface area (Å²) in [4.78, 5) is 17.2. The van der Waals surface area contributed by atoms with Crippen LogP contribution in [0, 0.1) is 0 Å². The lowest BCUT2D eigenvalue weighted by atomic mass is 10.1. The summed E-state index contributed by atoms with van der Waals surface area (Å²) in [6, 6.07) is 22.4. The molecule has 0 spiro atoms. The largest absolute Gasteiger partial charge is 0.496 e. The Balaban J connectivity index is 1.46. The molecule has 0 aliphatic carbocycles. The van der Waals surface area contributed by atoms with E-state index in [-0.39, 0.29) is 5.91 Å². The van der Waals surface area contributed by atoms with Crippen LogP contribution in [-0.4, -0.2) is 25.1 Å². The maximum Gasteiger partial charge on any atom is 0.259 e. The molecule has 4 aromatic rings. The number of anilines is 3. The van der Waals surface area contributed by atoms with Gasteiger partial charge in [-0.15, -0.1) is 11.3 Å². The van der Waals surface area contributed by atoms with Crippen LogP contribution in [0.1, 0.15) is 10.4 Å². The summed E-state index contributed by atoms with van der Waals surface area (Å²) in [5.74, 6) is 1.07. The first-order chi connectivity index (χ1) is 15.2. The van der Waals surface area contributed by atoms with E-state index in [0.717, 1.165) is 27.8 Å². The van der Waals surface area contributed by atoms with Crippen LogP contribution in [0.3, 0.4) is 0 Å². The number of carbonyl (C=O) groups excluding carboxylic acids is 1. The number of thiazole rings is 1. The number of rotatable bonds is 7. The van der Waals surface area contributed by atoms with Crippen LogP contribution in [0.15, 0.2) is 78.2 Å². The third-order valence-corrected chi connectivity index (χ3v) is 5.40. The number of carbonyl (C=O) groups is 1. The lowest BCUT2D eigenvalue weighted by Gasteiger charge is -2.09. The van der Waals surface area contributed by atoms with Gasteiger partial charge in [-0.1, -0.05) is 36.4 Å². The molecule has 156 valence electrons. The van der Waals surface area contributed by atoms with Gasteiger partial charge in [-0.2, -0.15) is 0 Å². The molecule has 4 rings (SSSR count). The molecule has 0 saturated carbocycles. The van der Waals surface area contributed by atoms with Crippen LogP contribution >= 0.6 is 11.3 Å². The van der Waals surface area contributed by atoms with E-state index in [0.29, 0.717) is 17.0 Å². The molecule has 0 atom stereocenters. The van der Waals surface area contributed by atoms with Gasteiger partial charge < -0.3 is 20.1 Å². The number of nitrogens with zero attached hydrogens (tertiary/aromatic N) is 1. The molecule has 6 nitrogen and oxygen atoms in total. The Hall–Kier alpha value is -3.84. The fourth-order valence-corrected chi connectivity index (χ4v) is 3.81. The summed E-state index contributed by atoms with van der Waals surface area (Å²) >= 11 is 1.51. The fourth-order valence-electron chi connectivity index (χ4n) is 3.08. The van der Waals surface area contributed by atoms with Crippen molar-refractivity contribution in [3.8, 4) is 22.8 Å². The van der Waals surface area contributed by atoms with Gasteiger partial charge in [0.1, 0.15) is 11.5 Å². The van der Waals surface area contributed by atoms with Gasteiger partial charge in [0.25, 0.3) is 5.91 Å². The molecule has 0 saturated heterocycles. The van der Waals surface area contributed by atoms with Crippen molar-refractivity contribution in [1.29, 1.82) is 0 Å². The maximum absolute atomic E-state index is 12.6. The van der Waals surface area contributed by atoms with E-state index >= 15 is 0 Å². The van der Waals surface area contributed by atoms with E-state index in [1.807, 2.05) is 60.0 Å². The van der Waals surface area contributed by atoms with Crippen molar-refractivity contribution in [2.24, 2.45) is 0 Å². The highest BCUT2D eigenvalue weighted by molar-refractivity contribution is 7.14. The zero-order chi connectivity index (χ0) is 21.6. The Morgan fingerprint density at radius 3 is 2.29 bits per heavy atom. The molecule has 0 unspecified atom stereocenters. The summed E-state index contributed by atoms with van der Waals surface area (Å²) in [5.41, 5.74) is 3.85. The fraction of sp³-hybridized carbons (Fsp3) is 0.0833. The number of aromatic nitrogens is 1. The molecule has 3 aromatic carbocycles. The second-order valence-corrected chi connectivity index (χ2v) is 7.45.